The highest BCUT2D eigenvalue weighted by Gasteiger charge is 2.44. The number of hydrogen-bond donors (Lipinski definition) is 2. The summed E-state index contributed by atoms with van der Waals surface area (Å²) in [6.07, 6.45) is 1.64. The number of nitrogens with zero attached hydrogens (tertiary/aromatic N) is 1. The standard InChI is InChI=1S/C28H45N3O4/c1-12-20-15-14-16-21(17-20)23(24(32)29-19(5)6)31(28(10,11)13-2)25(33)22(18(3)4)30-26(34)35-27(7,8)9/h12,14-19,22-23H,1,13H2,2-11H3,(H,29,32)(H,30,34). The lowest BCUT2D eigenvalue weighted by atomic mass is 9.90. The maximum absolute atomic E-state index is 14.2. The highest BCUT2D eigenvalue weighted by atomic mass is 16.6. The Hall–Kier alpha value is -2.83. The lowest BCUT2D eigenvalue weighted by molar-refractivity contribution is -0.150. The Kier molecular flexibility index (Phi) is 10.6. The molecule has 2 unspecified atom stereocenters. The summed E-state index contributed by atoms with van der Waals surface area (Å²) in [4.78, 5) is 42.1. The van der Waals surface area contributed by atoms with Crippen molar-refractivity contribution in [3.63, 3.8) is 0 Å². The van der Waals surface area contributed by atoms with E-state index < -0.39 is 29.3 Å². The summed E-state index contributed by atoms with van der Waals surface area (Å²) >= 11 is 0. The van der Waals surface area contributed by atoms with Gasteiger partial charge < -0.3 is 20.3 Å². The number of hydrogen-bond acceptors (Lipinski definition) is 4. The van der Waals surface area contributed by atoms with Crippen molar-refractivity contribution >= 4 is 24.0 Å². The van der Waals surface area contributed by atoms with Crippen LogP contribution in [-0.4, -0.2) is 46.0 Å². The van der Waals surface area contributed by atoms with Gasteiger partial charge in [-0.05, 0) is 78.0 Å². The molecule has 0 saturated heterocycles. The Labute approximate surface area is 211 Å². The molecule has 7 nitrogen and oxygen atoms in total. The van der Waals surface area contributed by atoms with Gasteiger partial charge in [-0.3, -0.25) is 9.59 Å². The zero-order valence-electron chi connectivity index (χ0n) is 23.2. The van der Waals surface area contributed by atoms with Crippen LogP contribution in [-0.2, 0) is 14.3 Å². The van der Waals surface area contributed by atoms with Crippen molar-refractivity contribution < 1.29 is 19.1 Å². The van der Waals surface area contributed by atoms with E-state index in [2.05, 4.69) is 17.2 Å². The number of alkyl carbamates (subject to hydrolysis) is 1. The first-order valence-electron chi connectivity index (χ1n) is 12.4. The third-order valence-corrected chi connectivity index (χ3v) is 5.76. The Balaban J connectivity index is 3.66. The minimum Gasteiger partial charge on any atom is -0.444 e. The van der Waals surface area contributed by atoms with Crippen LogP contribution >= 0.6 is 0 Å². The number of benzene rings is 1. The Morgan fingerprint density at radius 2 is 1.66 bits per heavy atom. The summed E-state index contributed by atoms with van der Waals surface area (Å²) in [6, 6.07) is 5.56. The molecule has 3 amide bonds. The molecule has 2 atom stereocenters. The fourth-order valence-corrected chi connectivity index (χ4v) is 3.68. The average Bonchev–Trinajstić information content (AvgIpc) is 2.73. The van der Waals surface area contributed by atoms with Crippen molar-refractivity contribution in [1.82, 2.24) is 15.5 Å². The lowest BCUT2D eigenvalue weighted by Crippen LogP contribution is -2.60. The second kappa shape index (κ2) is 12.2. The number of rotatable bonds is 10. The molecule has 0 aromatic heterocycles. The molecule has 2 N–H and O–H groups in total. The smallest absolute Gasteiger partial charge is 0.408 e. The molecule has 196 valence electrons. The molecular formula is C28H45N3O4. The second-order valence-corrected chi connectivity index (χ2v) is 11.2. The molecule has 0 aliphatic carbocycles. The van der Waals surface area contributed by atoms with Gasteiger partial charge in [-0.25, -0.2) is 4.79 Å². The molecule has 1 aromatic carbocycles. The van der Waals surface area contributed by atoms with Crippen molar-refractivity contribution in [2.24, 2.45) is 5.92 Å². The number of ether oxygens (including phenoxy) is 1. The highest BCUT2D eigenvalue weighted by molar-refractivity contribution is 5.93. The predicted octanol–water partition coefficient (Wildman–Crippen LogP) is 5.46. The SMILES string of the molecule is C=Cc1cccc(C(C(=O)NC(C)C)N(C(=O)C(NC(=O)OC(C)(C)C)C(C)C)C(C)(C)CC)c1. The maximum atomic E-state index is 14.2. The molecule has 1 rings (SSSR count). The lowest BCUT2D eigenvalue weighted by Gasteiger charge is -2.45. The maximum Gasteiger partial charge on any atom is 0.408 e. The van der Waals surface area contributed by atoms with Crippen molar-refractivity contribution in [1.29, 1.82) is 0 Å². The first-order chi connectivity index (χ1) is 16.0. The van der Waals surface area contributed by atoms with Gasteiger partial charge in [0.2, 0.25) is 11.8 Å². The number of carbonyl (C=O) groups is 3. The van der Waals surface area contributed by atoms with Gasteiger partial charge in [0.15, 0.2) is 0 Å². The van der Waals surface area contributed by atoms with E-state index in [1.54, 1.807) is 31.7 Å². The number of nitrogens with one attached hydrogen (secondary N) is 2. The molecule has 35 heavy (non-hydrogen) atoms. The topological polar surface area (TPSA) is 87.7 Å². The summed E-state index contributed by atoms with van der Waals surface area (Å²) in [5, 5.41) is 5.74. The van der Waals surface area contributed by atoms with Gasteiger partial charge in [-0.1, -0.05) is 51.6 Å². The quantitative estimate of drug-likeness (QED) is 0.459. The first-order valence-corrected chi connectivity index (χ1v) is 12.4. The molecule has 0 aliphatic rings. The van der Waals surface area contributed by atoms with Crippen LogP contribution in [0.5, 0.6) is 0 Å². The molecule has 1 aromatic rings. The Morgan fingerprint density at radius 1 is 1.06 bits per heavy atom. The largest absolute Gasteiger partial charge is 0.444 e. The van der Waals surface area contributed by atoms with Crippen LogP contribution < -0.4 is 10.6 Å². The number of amides is 3. The molecule has 0 radical (unpaired) electrons. The monoisotopic (exact) mass is 487 g/mol. The van der Waals surface area contributed by atoms with Crippen molar-refractivity contribution in [2.45, 2.75) is 105 Å². The van der Waals surface area contributed by atoms with Crippen LogP contribution in [0.1, 0.15) is 92.8 Å². The molecule has 0 bridgehead atoms. The summed E-state index contributed by atoms with van der Waals surface area (Å²) in [7, 11) is 0. The van der Waals surface area contributed by atoms with E-state index in [0.29, 0.717) is 12.0 Å². The third-order valence-electron chi connectivity index (χ3n) is 5.76. The van der Waals surface area contributed by atoms with Crippen molar-refractivity contribution in [3.05, 3.63) is 42.0 Å². The average molecular weight is 488 g/mol. The number of carbonyl (C=O) groups excluding carboxylic acids is 3. The molecule has 7 heteroatoms. The van der Waals surface area contributed by atoms with Gasteiger partial charge in [0.05, 0.1) is 0 Å². The van der Waals surface area contributed by atoms with Crippen LogP contribution in [0, 0.1) is 5.92 Å². The first kappa shape index (κ1) is 30.2. The Morgan fingerprint density at radius 3 is 2.11 bits per heavy atom. The summed E-state index contributed by atoms with van der Waals surface area (Å²) in [5.41, 5.74) is 0.124. The van der Waals surface area contributed by atoms with E-state index in [4.69, 9.17) is 4.74 Å². The fraction of sp³-hybridized carbons (Fsp3) is 0.607. The van der Waals surface area contributed by atoms with E-state index in [1.165, 1.54) is 0 Å². The Bertz CT molecular complexity index is 900. The van der Waals surface area contributed by atoms with Gasteiger partial charge >= 0.3 is 6.09 Å². The summed E-state index contributed by atoms with van der Waals surface area (Å²) in [6.45, 7) is 22.5. The van der Waals surface area contributed by atoms with E-state index >= 15 is 0 Å². The minimum atomic E-state index is -0.901. The third kappa shape index (κ3) is 8.71. The van der Waals surface area contributed by atoms with Gasteiger partial charge in [-0.15, -0.1) is 0 Å². The van der Waals surface area contributed by atoms with Gasteiger partial charge in [-0.2, -0.15) is 0 Å². The predicted molar refractivity (Wildman–Crippen MR) is 142 cm³/mol. The molecular weight excluding hydrogens is 442 g/mol. The highest BCUT2D eigenvalue weighted by Crippen LogP contribution is 2.33. The van der Waals surface area contributed by atoms with E-state index in [0.717, 1.165) is 5.56 Å². The molecule has 0 aliphatic heterocycles. The van der Waals surface area contributed by atoms with Gasteiger partial charge in [0.25, 0.3) is 0 Å². The minimum absolute atomic E-state index is 0.116. The van der Waals surface area contributed by atoms with E-state index in [-0.39, 0.29) is 23.8 Å². The molecule has 0 heterocycles. The van der Waals surface area contributed by atoms with Crippen LogP contribution in [0.4, 0.5) is 4.79 Å². The van der Waals surface area contributed by atoms with Crippen LogP contribution in [0.2, 0.25) is 0 Å². The molecule has 0 fully saturated rings. The van der Waals surface area contributed by atoms with Crippen molar-refractivity contribution in [2.75, 3.05) is 0 Å². The zero-order chi connectivity index (χ0) is 27.1. The normalized spacial score (nSPS) is 13.7. The van der Waals surface area contributed by atoms with Gasteiger partial charge in [0.1, 0.15) is 17.7 Å². The van der Waals surface area contributed by atoms with E-state index in [1.807, 2.05) is 72.7 Å². The van der Waals surface area contributed by atoms with Crippen LogP contribution in [0.15, 0.2) is 30.8 Å². The fourth-order valence-electron chi connectivity index (χ4n) is 3.68. The van der Waals surface area contributed by atoms with Crippen molar-refractivity contribution in [3.8, 4) is 0 Å². The van der Waals surface area contributed by atoms with Crippen LogP contribution in [0.25, 0.3) is 6.08 Å². The van der Waals surface area contributed by atoms with Crippen LogP contribution in [0.3, 0.4) is 0 Å². The second-order valence-electron chi connectivity index (χ2n) is 11.2. The van der Waals surface area contributed by atoms with E-state index in [9.17, 15) is 14.4 Å². The molecule has 0 saturated carbocycles. The zero-order valence-corrected chi connectivity index (χ0v) is 23.2. The summed E-state index contributed by atoms with van der Waals surface area (Å²) < 4.78 is 5.42. The van der Waals surface area contributed by atoms with Gasteiger partial charge in [0, 0.05) is 11.6 Å². The molecule has 0 spiro atoms. The summed E-state index contributed by atoms with van der Waals surface area (Å²) in [5.74, 6) is -0.861.